The third kappa shape index (κ3) is 4.49. The largest absolute Gasteiger partial charge is 0.383 e. The first-order chi connectivity index (χ1) is 7.30. The number of piperidine rings is 1. The van der Waals surface area contributed by atoms with Crippen molar-refractivity contribution in [3.8, 4) is 0 Å². The van der Waals surface area contributed by atoms with E-state index in [9.17, 15) is 0 Å². The summed E-state index contributed by atoms with van der Waals surface area (Å²) in [7, 11) is 1.78. The number of nitrogens with one attached hydrogen (secondary N) is 1. The van der Waals surface area contributed by atoms with Crippen molar-refractivity contribution in [3.63, 3.8) is 0 Å². The van der Waals surface area contributed by atoms with Gasteiger partial charge in [-0.15, -0.1) is 0 Å². The molecule has 0 saturated carbocycles. The van der Waals surface area contributed by atoms with Gasteiger partial charge in [0.1, 0.15) is 0 Å². The van der Waals surface area contributed by atoms with E-state index in [0.717, 1.165) is 13.0 Å². The number of likely N-dealkylation sites (N-methyl/N-ethyl adjacent to an activating group) is 1. The molecule has 2 atom stereocenters. The molecule has 1 saturated heterocycles. The van der Waals surface area contributed by atoms with Gasteiger partial charge in [-0.1, -0.05) is 13.8 Å². The van der Waals surface area contributed by atoms with Gasteiger partial charge in [0.15, 0.2) is 0 Å². The number of likely N-dealkylation sites (tertiary alicyclic amines) is 1. The van der Waals surface area contributed by atoms with Crippen molar-refractivity contribution < 1.29 is 4.74 Å². The summed E-state index contributed by atoms with van der Waals surface area (Å²) in [5.41, 5.74) is 0. The summed E-state index contributed by atoms with van der Waals surface area (Å²) in [6, 6.07) is 1.19. The van der Waals surface area contributed by atoms with Gasteiger partial charge in [0.25, 0.3) is 0 Å². The summed E-state index contributed by atoms with van der Waals surface area (Å²) >= 11 is 0. The smallest absolute Gasteiger partial charge is 0.0615 e. The lowest BCUT2D eigenvalue weighted by Gasteiger charge is -2.34. The standard InChI is InChI=1S/C12H26N2O/c1-4-11(10-15-3)13-12-7-6-8-14(5-2)9-12/h11-13H,4-10H2,1-3H3. The molecule has 0 spiro atoms. The molecule has 0 amide bonds. The highest BCUT2D eigenvalue weighted by Gasteiger charge is 2.20. The summed E-state index contributed by atoms with van der Waals surface area (Å²) in [6.45, 7) is 8.96. The number of ether oxygens (including phenoxy) is 1. The number of hydrogen-bond acceptors (Lipinski definition) is 3. The average molecular weight is 214 g/mol. The van der Waals surface area contributed by atoms with Crippen LogP contribution in [0.4, 0.5) is 0 Å². The van der Waals surface area contributed by atoms with Gasteiger partial charge in [-0.3, -0.25) is 0 Å². The summed E-state index contributed by atoms with van der Waals surface area (Å²) in [4.78, 5) is 2.53. The summed E-state index contributed by atoms with van der Waals surface area (Å²) in [5, 5.41) is 3.70. The molecule has 1 aliphatic rings. The van der Waals surface area contributed by atoms with Crippen molar-refractivity contribution >= 4 is 0 Å². The summed E-state index contributed by atoms with van der Waals surface area (Å²) < 4.78 is 5.21. The fourth-order valence-electron chi connectivity index (χ4n) is 2.30. The second-order valence-electron chi connectivity index (χ2n) is 4.46. The quantitative estimate of drug-likeness (QED) is 0.725. The number of hydrogen-bond donors (Lipinski definition) is 1. The maximum absolute atomic E-state index is 5.21. The monoisotopic (exact) mass is 214 g/mol. The van der Waals surface area contributed by atoms with Gasteiger partial charge in [-0.05, 0) is 32.4 Å². The molecule has 0 bridgehead atoms. The lowest BCUT2D eigenvalue weighted by atomic mass is 10.0. The zero-order valence-electron chi connectivity index (χ0n) is 10.5. The topological polar surface area (TPSA) is 24.5 Å². The van der Waals surface area contributed by atoms with Gasteiger partial charge < -0.3 is 15.0 Å². The van der Waals surface area contributed by atoms with Crippen LogP contribution in [0.15, 0.2) is 0 Å². The van der Waals surface area contributed by atoms with E-state index in [4.69, 9.17) is 4.74 Å². The first kappa shape index (κ1) is 12.9. The van der Waals surface area contributed by atoms with Crippen molar-refractivity contribution in [1.29, 1.82) is 0 Å². The van der Waals surface area contributed by atoms with Crippen LogP contribution in [-0.4, -0.2) is 50.3 Å². The fraction of sp³-hybridized carbons (Fsp3) is 1.00. The van der Waals surface area contributed by atoms with Crippen LogP contribution >= 0.6 is 0 Å². The minimum Gasteiger partial charge on any atom is -0.383 e. The van der Waals surface area contributed by atoms with Gasteiger partial charge >= 0.3 is 0 Å². The number of methoxy groups -OCH3 is 1. The zero-order valence-corrected chi connectivity index (χ0v) is 10.5. The molecular formula is C12H26N2O. The highest BCUT2D eigenvalue weighted by atomic mass is 16.5. The molecule has 2 unspecified atom stereocenters. The Morgan fingerprint density at radius 3 is 2.87 bits per heavy atom. The molecule has 1 N–H and O–H groups in total. The van der Waals surface area contributed by atoms with Crippen LogP contribution in [0.2, 0.25) is 0 Å². The molecule has 0 aromatic heterocycles. The molecule has 15 heavy (non-hydrogen) atoms. The van der Waals surface area contributed by atoms with Gasteiger partial charge in [0.2, 0.25) is 0 Å². The Morgan fingerprint density at radius 2 is 2.27 bits per heavy atom. The van der Waals surface area contributed by atoms with E-state index in [1.54, 1.807) is 7.11 Å². The first-order valence-corrected chi connectivity index (χ1v) is 6.27. The fourth-order valence-corrected chi connectivity index (χ4v) is 2.30. The normalized spacial score (nSPS) is 25.4. The Morgan fingerprint density at radius 1 is 1.47 bits per heavy atom. The van der Waals surface area contributed by atoms with Crippen molar-refractivity contribution in [2.45, 2.75) is 45.2 Å². The lowest BCUT2D eigenvalue weighted by Crippen LogP contribution is -2.49. The number of rotatable bonds is 6. The van der Waals surface area contributed by atoms with Gasteiger partial charge in [0.05, 0.1) is 6.61 Å². The van der Waals surface area contributed by atoms with E-state index in [1.807, 2.05) is 0 Å². The Balaban J connectivity index is 2.29. The molecule has 0 radical (unpaired) electrons. The zero-order chi connectivity index (χ0) is 11.1. The van der Waals surface area contributed by atoms with Gasteiger partial charge in [0, 0.05) is 25.7 Å². The van der Waals surface area contributed by atoms with Crippen molar-refractivity contribution in [3.05, 3.63) is 0 Å². The minimum absolute atomic E-state index is 0.525. The second kappa shape index (κ2) is 7.20. The molecule has 3 heteroatoms. The van der Waals surface area contributed by atoms with E-state index in [0.29, 0.717) is 12.1 Å². The van der Waals surface area contributed by atoms with Crippen LogP contribution < -0.4 is 5.32 Å². The van der Waals surface area contributed by atoms with Crippen LogP contribution in [0.1, 0.15) is 33.1 Å². The molecule has 1 heterocycles. The molecule has 1 fully saturated rings. The third-order valence-corrected chi connectivity index (χ3v) is 3.28. The highest BCUT2D eigenvalue weighted by Crippen LogP contribution is 2.10. The second-order valence-corrected chi connectivity index (χ2v) is 4.46. The van der Waals surface area contributed by atoms with Crippen LogP contribution in [0, 0.1) is 0 Å². The van der Waals surface area contributed by atoms with Gasteiger partial charge in [-0.25, -0.2) is 0 Å². The van der Waals surface area contributed by atoms with Crippen LogP contribution in [0.25, 0.3) is 0 Å². The molecule has 3 nitrogen and oxygen atoms in total. The predicted octanol–water partition coefficient (Wildman–Crippen LogP) is 1.49. The molecular weight excluding hydrogens is 188 g/mol. The van der Waals surface area contributed by atoms with Crippen LogP contribution in [0.3, 0.4) is 0 Å². The van der Waals surface area contributed by atoms with E-state index in [-0.39, 0.29) is 0 Å². The van der Waals surface area contributed by atoms with Crippen molar-refractivity contribution in [2.75, 3.05) is 33.4 Å². The Bertz CT molecular complexity index is 164. The van der Waals surface area contributed by atoms with Crippen LogP contribution in [-0.2, 0) is 4.74 Å². The molecule has 90 valence electrons. The minimum atomic E-state index is 0.525. The van der Waals surface area contributed by atoms with Crippen LogP contribution in [0.5, 0.6) is 0 Å². The average Bonchev–Trinajstić information content (AvgIpc) is 2.29. The van der Waals surface area contributed by atoms with E-state index < -0.39 is 0 Å². The molecule has 1 aliphatic heterocycles. The first-order valence-electron chi connectivity index (χ1n) is 6.27. The van der Waals surface area contributed by atoms with E-state index in [1.165, 1.54) is 32.5 Å². The van der Waals surface area contributed by atoms with Crippen molar-refractivity contribution in [1.82, 2.24) is 10.2 Å². The molecule has 0 aliphatic carbocycles. The Labute approximate surface area is 94.2 Å². The maximum atomic E-state index is 5.21. The number of nitrogens with zero attached hydrogens (tertiary/aromatic N) is 1. The van der Waals surface area contributed by atoms with E-state index >= 15 is 0 Å². The maximum Gasteiger partial charge on any atom is 0.0615 e. The van der Waals surface area contributed by atoms with Gasteiger partial charge in [-0.2, -0.15) is 0 Å². The SMILES string of the molecule is CCC(COC)NC1CCCN(CC)C1. The predicted molar refractivity (Wildman–Crippen MR) is 64.2 cm³/mol. The highest BCUT2D eigenvalue weighted by molar-refractivity contribution is 4.80. The molecule has 0 aromatic rings. The lowest BCUT2D eigenvalue weighted by molar-refractivity contribution is 0.137. The summed E-state index contributed by atoms with van der Waals surface area (Å²) in [6.07, 6.45) is 3.79. The Hall–Kier alpha value is -0.120. The molecule has 0 aromatic carbocycles. The van der Waals surface area contributed by atoms with Crippen molar-refractivity contribution in [2.24, 2.45) is 0 Å². The summed E-state index contributed by atoms with van der Waals surface area (Å²) in [5.74, 6) is 0. The van der Waals surface area contributed by atoms with E-state index in [2.05, 4.69) is 24.1 Å². The molecule has 1 rings (SSSR count). The Kier molecular flexibility index (Phi) is 6.22. The third-order valence-electron chi connectivity index (χ3n) is 3.28.